The number of rotatable bonds is 4. The van der Waals surface area contributed by atoms with Gasteiger partial charge < -0.3 is 10.2 Å². The van der Waals surface area contributed by atoms with Crippen molar-refractivity contribution in [3.8, 4) is 0 Å². The molecule has 3 fully saturated rings. The smallest absolute Gasteiger partial charge is 0.303 e. The molecule has 4 aliphatic rings. The monoisotopic (exact) mass is 372 g/mol. The van der Waals surface area contributed by atoms with E-state index in [1.807, 2.05) is 0 Å². The lowest BCUT2D eigenvalue weighted by atomic mass is 9.50. The molecule has 2 N–H and O–H groups in total. The zero-order chi connectivity index (χ0) is 19.4. The molecule has 0 spiro atoms. The fourth-order valence-corrected chi connectivity index (χ4v) is 7.51. The van der Waals surface area contributed by atoms with Crippen LogP contribution < -0.4 is 0 Å². The summed E-state index contributed by atoms with van der Waals surface area (Å²) in [5.41, 5.74) is 3.73. The summed E-state index contributed by atoms with van der Waals surface area (Å²) in [5, 5.41) is 19.2. The summed E-state index contributed by atoms with van der Waals surface area (Å²) in [6, 6.07) is 0. The molecule has 7 atom stereocenters. The summed E-state index contributed by atoms with van der Waals surface area (Å²) < 4.78 is 0. The standard InChI is InChI=1S/C24H36O3/c1-15(4-9-22(26)27)19-7-8-20-18-6-5-16-14-17(25)10-12-23(16,2)21(18)11-13-24(19,20)3/h5-6,15,17,19-21,25H,4,7-14H2,1-3H3,(H,26,27)/t15-,17?,19-,20+,21+,23+,24-/m1/s1. The Balaban J connectivity index is 1.59. The van der Waals surface area contributed by atoms with Crippen molar-refractivity contribution in [1.82, 2.24) is 0 Å². The van der Waals surface area contributed by atoms with E-state index < -0.39 is 5.97 Å². The van der Waals surface area contributed by atoms with Crippen molar-refractivity contribution >= 4 is 5.97 Å². The zero-order valence-electron chi connectivity index (χ0n) is 17.2. The quantitative estimate of drug-likeness (QED) is 0.699. The van der Waals surface area contributed by atoms with E-state index in [2.05, 4.69) is 32.9 Å². The molecule has 0 aliphatic heterocycles. The van der Waals surface area contributed by atoms with Crippen LogP contribution in [0.4, 0.5) is 0 Å². The van der Waals surface area contributed by atoms with Crippen LogP contribution in [0.25, 0.3) is 0 Å². The van der Waals surface area contributed by atoms with Crippen molar-refractivity contribution in [2.24, 2.45) is 34.5 Å². The highest BCUT2D eigenvalue weighted by molar-refractivity contribution is 5.66. The molecule has 4 rings (SSSR count). The Bertz CT molecular complexity index is 677. The van der Waals surface area contributed by atoms with Gasteiger partial charge >= 0.3 is 5.97 Å². The van der Waals surface area contributed by atoms with Gasteiger partial charge in [-0.15, -0.1) is 0 Å². The van der Waals surface area contributed by atoms with Crippen molar-refractivity contribution in [1.29, 1.82) is 0 Å². The van der Waals surface area contributed by atoms with Gasteiger partial charge in [0.25, 0.3) is 0 Å². The Morgan fingerprint density at radius 1 is 1.15 bits per heavy atom. The van der Waals surface area contributed by atoms with Crippen LogP contribution in [0.5, 0.6) is 0 Å². The first-order valence-corrected chi connectivity index (χ1v) is 11.1. The maximum absolute atomic E-state index is 11.0. The van der Waals surface area contributed by atoms with Crippen LogP contribution >= 0.6 is 0 Å². The SMILES string of the molecule is C[C@H](CCC(=O)O)[C@H]1CC[C@H]2C3=CC=C4CC(O)CC[C@]4(C)[C@H]3CC[C@]12C. The van der Waals surface area contributed by atoms with E-state index in [1.54, 1.807) is 5.57 Å². The van der Waals surface area contributed by atoms with Crippen LogP contribution in [0.15, 0.2) is 23.3 Å². The highest BCUT2D eigenvalue weighted by Crippen LogP contribution is 2.66. The first kappa shape index (κ1) is 19.2. The fraction of sp³-hybridized carbons (Fsp3) is 0.792. The zero-order valence-corrected chi connectivity index (χ0v) is 17.2. The summed E-state index contributed by atoms with van der Waals surface area (Å²) >= 11 is 0. The molecule has 4 aliphatic carbocycles. The Labute approximate surface area is 163 Å². The molecule has 3 heteroatoms. The maximum atomic E-state index is 11.0. The van der Waals surface area contributed by atoms with Gasteiger partial charge in [-0.25, -0.2) is 0 Å². The van der Waals surface area contributed by atoms with Crippen molar-refractivity contribution in [2.45, 2.75) is 84.7 Å². The van der Waals surface area contributed by atoms with E-state index in [9.17, 15) is 9.90 Å². The van der Waals surface area contributed by atoms with Crippen molar-refractivity contribution in [3.05, 3.63) is 23.3 Å². The lowest BCUT2D eigenvalue weighted by molar-refractivity contribution is -0.137. The van der Waals surface area contributed by atoms with Gasteiger partial charge in [0.05, 0.1) is 6.10 Å². The third-order valence-electron chi connectivity index (χ3n) is 9.12. The van der Waals surface area contributed by atoms with Crippen molar-refractivity contribution in [3.63, 3.8) is 0 Å². The van der Waals surface area contributed by atoms with Crippen molar-refractivity contribution < 1.29 is 15.0 Å². The number of carboxylic acid groups (broad SMARTS) is 1. The minimum atomic E-state index is -0.662. The van der Waals surface area contributed by atoms with Gasteiger partial charge in [-0.05, 0) is 85.9 Å². The molecule has 0 heterocycles. The molecular formula is C24H36O3. The van der Waals surface area contributed by atoms with Gasteiger partial charge in [0.1, 0.15) is 0 Å². The highest BCUT2D eigenvalue weighted by Gasteiger charge is 2.56. The number of aliphatic carboxylic acids is 1. The van der Waals surface area contributed by atoms with E-state index in [1.165, 1.54) is 31.3 Å². The molecule has 3 saturated carbocycles. The first-order valence-electron chi connectivity index (χ1n) is 11.1. The van der Waals surface area contributed by atoms with Gasteiger partial charge in [-0.3, -0.25) is 4.79 Å². The molecule has 0 radical (unpaired) electrons. The van der Waals surface area contributed by atoms with Crippen molar-refractivity contribution in [2.75, 3.05) is 0 Å². The van der Waals surface area contributed by atoms with E-state index >= 15 is 0 Å². The average Bonchev–Trinajstić information content (AvgIpc) is 2.97. The fourth-order valence-electron chi connectivity index (χ4n) is 7.51. The van der Waals surface area contributed by atoms with Gasteiger partial charge in [0.2, 0.25) is 0 Å². The second-order valence-corrected chi connectivity index (χ2v) is 10.4. The summed E-state index contributed by atoms with van der Waals surface area (Å²) in [6.07, 6.45) is 13.7. The lowest BCUT2D eigenvalue weighted by Crippen LogP contribution is -2.46. The molecule has 0 saturated heterocycles. The molecule has 27 heavy (non-hydrogen) atoms. The Morgan fingerprint density at radius 2 is 1.93 bits per heavy atom. The third-order valence-corrected chi connectivity index (χ3v) is 9.12. The Hall–Kier alpha value is -1.09. The van der Waals surface area contributed by atoms with Gasteiger partial charge in [-0.2, -0.15) is 0 Å². The normalized spacial score (nSPS) is 44.4. The summed E-state index contributed by atoms with van der Waals surface area (Å²) in [7, 11) is 0. The largest absolute Gasteiger partial charge is 0.481 e. The number of carboxylic acids is 1. The Morgan fingerprint density at radius 3 is 2.67 bits per heavy atom. The predicted octanol–water partition coefficient (Wildman–Crippen LogP) is 5.35. The predicted molar refractivity (Wildman–Crippen MR) is 107 cm³/mol. The molecule has 0 bridgehead atoms. The number of allylic oxidation sites excluding steroid dienone is 3. The molecule has 1 unspecified atom stereocenters. The molecule has 150 valence electrons. The number of fused-ring (bicyclic) bond motifs is 5. The number of aliphatic hydroxyl groups excluding tert-OH is 1. The average molecular weight is 373 g/mol. The number of carbonyl (C=O) groups is 1. The topological polar surface area (TPSA) is 57.5 Å². The van der Waals surface area contributed by atoms with E-state index in [-0.39, 0.29) is 11.5 Å². The Kier molecular flexibility index (Phi) is 4.81. The van der Waals surface area contributed by atoms with Crippen LogP contribution in [0, 0.1) is 34.5 Å². The summed E-state index contributed by atoms with van der Waals surface area (Å²) in [4.78, 5) is 11.0. The maximum Gasteiger partial charge on any atom is 0.303 e. The highest BCUT2D eigenvalue weighted by atomic mass is 16.4. The van der Waals surface area contributed by atoms with Crippen LogP contribution in [0.2, 0.25) is 0 Å². The number of hydrogen-bond acceptors (Lipinski definition) is 2. The van der Waals surface area contributed by atoms with Gasteiger partial charge in [0.15, 0.2) is 0 Å². The van der Waals surface area contributed by atoms with Crippen LogP contribution in [0.1, 0.15) is 78.6 Å². The minimum absolute atomic E-state index is 0.154. The van der Waals surface area contributed by atoms with E-state index in [0.29, 0.717) is 35.5 Å². The third kappa shape index (κ3) is 3.01. The molecule has 0 aromatic carbocycles. The van der Waals surface area contributed by atoms with Gasteiger partial charge in [-0.1, -0.05) is 44.1 Å². The molecule has 0 aromatic heterocycles. The van der Waals surface area contributed by atoms with Crippen LogP contribution in [0.3, 0.4) is 0 Å². The molecule has 3 nitrogen and oxygen atoms in total. The van der Waals surface area contributed by atoms with Crippen LogP contribution in [-0.2, 0) is 4.79 Å². The molecule has 0 aromatic rings. The second-order valence-electron chi connectivity index (χ2n) is 10.4. The summed E-state index contributed by atoms with van der Waals surface area (Å²) in [6.45, 7) is 7.23. The molecular weight excluding hydrogens is 336 g/mol. The number of hydrogen-bond donors (Lipinski definition) is 2. The molecule has 0 amide bonds. The second kappa shape index (κ2) is 6.76. The first-order chi connectivity index (χ1) is 12.8. The number of aliphatic hydroxyl groups is 1. The lowest BCUT2D eigenvalue weighted by Gasteiger charge is -2.55. The van der Waals surface area contributed by atoms with Crippen LogP contribution in [-0.4, -0.2) is 22.3 Å². The van der Waals surface area contributed by atoms with E-state index in [0.717, 1.165) is 25.7 Å². The van der Waals surface area contributed by atoms with E-state index in [4.69, 9.17) is 5.11 Å². The minimum Gasteiger partial charge on any atom is -0.481 e. The van der Waals surface area contributed by atoms with Gasteiger partial charge in [0, 0.05) is 6.42 Å². The summed E-state index contributed by atoms with van der Waals surface area (Å²) in [5.74, 6) is 1.79.